The number of carbonyl (C=O) groups excluding carboxylic acids is 1. The van der Waals surface area contributed by atoms with Crippen LogP contribution in [0, 0.1) is 19.8 Å². The molecule has 0 bridgehead atoms. The maximum Gasteiger partial charge on any atom is 0.255 e. The van der Waals surface area contributed by atoms with Crippen molar-refractivity contribution in [1.29, 1.82) is 0 Å². The molecular weight excluding hydrogens is 522 g/mol. The molecular formula is C27H32BrN5O3. The molecule has 4 rings (SSSR count). The molecule has 1 aromatic heterocycles. The molecule has 0 aliphatic carbocycles. The number of allylic oxidation sites excluding steroid dienone is 1. The van der Waals surface area contributed by atoms with E-state index in [-0.39, 0.29) is 5.91 Å². The predicted octanol–water partition coefficient (Wildman–Crippen LogP) is 6.02. The quantitative estimate of drug-likeness (QED) is 0.354. The van der Waals surface area contributed by atoms with Crippen molar-refractivity contribution in [1.82, 2.24) is 14.8 Å². The second-order valence-electron chi connectivity index (χ2n) is 9.36. The molecule has 1 unspecified atom stereocenters. The van der Waals surface area contributed by atoms with Gasteiger partial charge >= 0.3 is 0 Å². The number of nitrogens with one attached hydrogen (secondary N) is 2. The summed E-state index contributed by atoms with van der Waals surface area (Å²) >= 11 is 3.66. The summed E-state index contributed by atoms with van der Waals surface area (Å²) in [5, 5.41) is 10.8. The number of aryl methyl sites for hydroxylation is 1. The van der Waals surface area contributed by atoms with E-state index in [1.165, 1.54) is 6.33 Å². The van der Waals surface area contributed by atoms with Gasteiger partial charge in [0.2, 0.25) is 5.95 Å². The Kier molecular flexibility index (Phi) is 7.68. The van der Waals surface area contributed by atoms with Crippen LogP contribution in [0.4, 0.5) is 11.6 Å². The highest BCUT2D eigenvalue weighted by atomic mass is 79.9. The normalized spacial score (nSPS) is 14.9. The van der Waals surface area contributed by atoms with E-state index in [1.807, 2.05) is 51.1 Å². The number of anilines is 2. The number of aromatic nitrogens is 3. The van der Waals surface area contributed by atoms with Crippen LogP contribution in [-0.4, -0.2) is 34.4 Å². The predicted molar refractivity (Wildman–Crippen MR) is 145 cm³/mol. The van der Waals surface area contributed by atoms with Crippen molar-refractivity contribution in [2.24, 2.45) is 5.92 Å². The SMILES string of the molecule is COc1cc(C2C(C(=O)Nc3cccc(C)c3C)=C(C)Nc3ncnn32)cc(Br)c1OCCC(C)C. The number of hydrogen-bond donors (Lipinski definition) is 2. The van der Waals surface area contributed by atoms with Crippen molar-refractivity contribution in [3.63, 3.8) is 0 Å². The van der Waals surface area contributed by atoms with E-state index in [9.17, 15) is 4.79 Å². The fourth-order valence-corrected chi connectivity index (χ4v) is 4.78. The summed E-state index contributed by atoms with van der Waals surface area (Å²) < 4.78 is 14.2. The molecule has 2 aromatic carbocycles. The average molecular weight is 554 g/mol. The maximum absolute atomic E-state index is 13.7. The van der Waals surface area contributed by atoms with Gasteiger partial charge in [0.15, 0.2) is 11.5 Å². The Balaban J connectivity index is 1.75. The largest absolute Gasteiger partial charge is 0.493 e. The van der Waals surface area contributed by atoms with E-state index in [0.29, 0.717) is 41.2 Å². The Bertz CT molecular complexity index is 1310. The minimum absolute atomic E-state index is 0.216. The van der Waals surface area contributed by atoms with Gasteiger partial charge in [0, 0.05) is 11.4 Å². The molecule has 8 nitrogen and oxygen atoms in total. The van der Waals surface area contributed by atoms with Crippen LogP contribution in [0.15, 0.2) is 52.4 Å². The van der Waals surface area contributed by atoms with E-state index in [0.717, 1.165) is 33.3 Å². The molecule has 1 amide bonds. The number of carbonyl (C=O) groups is 1. The van der Waals surface area contributed by atoms with E-state index in [4.69, 9.17) is 9.47 Å². The first kappa shape index (κ1) is 25.8. The molecule has 3 aromatic rings. The van der Waals surface area contributed by atoms with Gasteiger partial charge in [0.1, 0.15) is 12.4 Å². The second kappa shape index (κ2) is 10.7. The van der Waals surface area contributed by atoms with Crippen molar-refractivity contribution >= 4 is 33.5 Å². The fraction of sp³-hybridized carbons (Fsp3) is 0.370. The molecule has 0 fully saturated rings. The van der Waals surface area contributed by atoms with Gasteiger partial charge < -0.3 is 20.1 Å². The molecule has 1 aliphatic heterocycles. The van der Waals surface area contributed by atoms with Gasteiger partial charge in [0.25, 0.3) is 5.91 Å². The van der Waals surface area contributed by atoms with Crippen molar-refractivity contribution < 1.29 is 14.3 Å². The van der Waals surface area contributed by atoms with Gasteiger partial charge in [-0.1, -0.05) is 26.0 Å². The van der Waals surface area contributed by atoms with Crippen LogP contribution in [-0.2, 0) is 4.79 Å². The first-order valence-electron chi connectivity index (χ1n) is 12.0. The Labute approximate surface area is 220 Å². The lowest BCUT2D eigenvalue weighted by Crippen LogP contribution is -2.31. The fourth-order valence-electron chi connectivity index (χ4n) is 4.20. The molecule has 9 heteroatoms. The number of hydrogen-bond acceptors (Lipinski definition) is 6. The van der Waals surface area contributed by atoms with E-state index >= 15 is 0 Å². The standard InChI is InChI=1S/C27H32BrN5O3/c1-15(2)10-11-36-25-20(28)12-19(13-22(25)35-6)24-23(18(5)31-27-29-14-30-33(24)27)26(34)32-21-9-7-8-16(3)17(21)4/h7-9,12-15,24H,10-11H2,1-6H3,(H,32,34)(H,29,30,31). The summed E-state index contributed by atoms with van der Waals surface area (Å²) in [5.41, 5.74) is 4.96. The van der Waals surface area contributed by atoms with E-state index < -0.39 is 6.04 Å². The molecule has 36 heavy (non-hydrogen) atoms. The average Bonchev–Trinajstić information content (AvgIpc) is 3.29. The lowest BCUT2D eigenvalue weighted by atomic mass is 9.94. The zero-order chi connectivity index (χ0) is 26.0. The van der Waals surface area contributed by atoms with Gasteiger partial charge in [-0.05, 0) is 83.9 Å². The van der Waals surface area contributed by atoms with Crippen LogP contribution in [0.2, 0.25) is 0 Å². The Morgan fingerprint density at radius 2 is 2.03 bits per heavy atom. The number of rotatable bonds is 8. The third kappa shape index (κ3) is 5.11. The van der Waals surface area contributed by atoms with Crippen molar-refractivity contribution in [3.8, 4) is 11.5 Å². The smallest absolute Gasteiger partial charge is 0.255 e. The molecule has 190 valence electrons. The first-order valence-corrected chi connectivity index (χ1v) is 12.8. The van der Waals surface area contributed by atoms with Gasteiger partial charge in [-0.2, -0.15) is 10.1 Å². The molecule has 2 heterocycles. The van der Waals surface area contributed by atoms with Crippen LogP contribution < -0.4 is 20.1 Å². The Hall–Kier alpha value is -3.33. The van der Waals surface area contributed by atoms with Crippen molar-refractivity contribution in [2.45, 2.75) is 47.1 Å². The van der Waals surface area contributed by atoms with Crippen molar-refractivity contribution in [2.75, 3.05) is 24.4 Å². The van der Waals surface area contributed by atoms with E-state index in [1.54, 1.807) is 11.8 Å². The van der Waals surface area contributed by atoms with Crippen LogP contribution in [0.25, 0.3) is 0 Å². The summed E-state index contributed by atoms with van der Waals surface area (Å²) in [6.07, 6.45) is 2.41. The van der Waals surface area contributed by atoms with Crippen LogP contribution >= 0.6 is 15.9 Å². The summed E-state index contributed by atoms with van der Waals surface area (Å²) in [7, 11) is 1.61. The number of fused-ring (bicyclic) bond motifs is 1. The molecule has 1 atom stereocenters. The number of halogens is 1. The third-order valence-electron chi connectivity index (χ3n) is 6.40. The highest BCUT2D eigenvalue weighted by molar-refractivity contribution is 9.10. The Morgan fingerprint density at radius 3 is 2.75 bits per heavy atom. The topological polar surface area (TPSA) is 90.3 Å². The summed E-state index contributed by atoms with van der Waals surface area (Å²) in [4.78, 5) is 18.1. The number of benzene rings is 2. The third-order valence-corrected chi connectivity index (χ3v) is 6.99. The lowest BCUT2D eigenvalue weighted by Gasteiger charge is -2.29. The maximum atomic E-state index is 13.7. The Morgan fingerprint density at radius 1 is 1.25 bits per heavy atom. The number of nitrogens with zero attached hydrogens (tertiary/aromatic N) is 3. The summed E-state index contributed by atoms with van der Waals surface area (Å²) in [6, 6.07) is 9.19. The molecule has 0 radical (unpaired) electrons. The number of ether oxygens (including phenoxy) is 2. The molecule has 0 spiro atoms. The molecule has 0 saturated carbocycles. The van der Waals surface area contributed by atoms with Crippen LogP contribution in [0.5, 0.6) is 11.5 Å². The zero-order valence-corrected chi connectivity index (χ0v) is 23.1. The minimum Gasteiger partial charge on any atom is -0.493 e. The van der Waals surface area contributed by atoms with Crippen LogP contribution in [0.1, 0.15) is 49.9 Å². The van der Waals surface area contributed by atoms with Crippen molar-refractivity contribution in [3.05, 3.63) is 69.1 Å². The summed E-state index contributed by atoms with van der Waals surface area (Å²) in [6.45, 7) is 10.8. The highest BCUT2D eigenvalue weighted by Crippen LogP contribution is 2.43. The lowest BCUT2D eigenvalue weighted by molar-refractivity contribution is -0.113. The highest BCUT2D eigenvalue weighted by Gasteiger charge is 2.34. The number of methoxy groups -OCH3 is 1. The monoisotopic (exact) mass is 553 g/mol. The van der Waals surface area contributed by atoms with Gasteiger partial charge in [-0.15, -0.1) is 0 Å². The van der Waals surface area contributed by atoms with Gasteiger partial charge in [-0.25, -0.2) is 4.68 Å². The van der Waals surface area contributed by atoms with Gasteiger partial charge in [-0.3, -0.25) is 4.79 Å². The first-order chi connectivity index (χ1) is 17.2. The van der Waals surface area contributed by atoms with Crippen LogP contribution in [0.3, 0.4) is 0 Å². The van der Waals surface area contributed by atoms with E-state index in [2.05, 4.69) is 50.5 Å². The minimum atomic E-state index is -0.524. The zero-order valence-electron chi connectivity index (χ0n) is 21.5. The number of amides is 1. The molecule has 0 saturated heterocycles. The second-order valence-corrected chi connectivity index (χ2v) is 10.2. The molecule has 2 N–H and O–H groups in total. The summed E-state index contributed by atoms with van der Waals surface area (Å²) in [5.74, 6) is 2.09. The molecule has 1 aliphatic rings. The van der Waals surface area contributed by atoms with Gasteiger partial charge in [0.05, 0.1) is 23.8 Å².